The molecule has 0 amide bonds. The van der Waals surface area contributed by atoms with Crippen LogP contribution in [0.2, 0.25) is 0 Å². The summed E-state index contributed by atoms with van der Waals surface area (Å²) in [5, 5.41) is 0. The van der Waals surface area contributed by atoms with Crippen molar-refractivity contribution in [2.75, 3.05) is 18.5 Å². The van der Waals surface area contributed by atoms with E-state index >= 15 is 0 Å². The van der Waals surface area contributed by atoms with Gasteiger partial charge in [-0.05, 0) is 62.4 Å². The molecule has 0 spiro atoms. The number of carbonyl (C=O) groups excluding carboxylic acids is 1. The third-order valence-electron chi connectivity index (χ3n) is 4.63. The number of benzene rings is 2. The SMILES string of the molecule is COc1ccccc1N(C)S(=O)(=O)c1ccc(C(=O)n2ccccc2=NC(C)C)cc1. The Morgan fingerprint density at radius 3 is 2.29 bits per heavy atom. The molecule has 0 saturated heterocycles. The van der Waals surface area contributed by atoms with Crippen LogP contribution in [0.1, 0.15) is 24.2 Å². The van der Waals surface area contributed by atoms with E-state index in [-0.39, 0.29) is 16.8 Å². The summed E-state index contributed by atoms with van der Waals surface area (Å²) in [5.41, 5.74) is 1.32. The first-order valence-electron chi connectivity index (χ1n) is 9.74. The number of carbonyl (C=O) groups is 1. The molecule has 2 aromatic carbocycles. The van der Waals surface area contributed by atoms with Crippen molar-refractivity contribution in [1.82, 2.24) is 4.57 Å². The van der Waals surface area contributed by atoms with Gasteiger partial charge in [0.2, 0.25) is 0 Å². The van der Waals surface area contributed by atoms with Crippen LogP contribution in [0.5, 0.6) is 5.75 Å². The second-order valence-electron chi connectivity index (χ2n) is 7.13. The Bertz CT molecular complexity index is 1250. The van der Waals surface area contributed by atoms with Crippen molar-refractivity contribution in [3.8, 4) is 5.75 Å². The summed E-state index contributed by atoms with van der Waals surface area (Å²) < 4.78 is 34.1. The van der Waals surface area contributed by atoms with E-state index in [0.29, 0.717) is 22.5 Å². The number of aromatic nitrogens is 1. The predicted octanol–water partition coefficient (Wildman–Crippen LogP) is 3.32. The van der Waals surface area contributed by atoms with E-state index in [1.54, 1.807) is 42.6 Å². The minimum absolute atomic E-state index is 0.0273. The molecule has 0 bridgehead atoms. The minimum Gasteiger partial charge on any atom is -0.495 e. The number of ether oxygens (including phenoxy) is 1. The fourth-order valence-electron chi connectivity index (χ4n) is 3.06. The summed E-state index contributed by atoms with van der Waals surface area (Å²) in [7, 11) is -0.888. The van der Waals surface area contributed by atoms with Gasteiger partial charge in [0.15, 0.2) is 0 Å². The quantitative estimate of drug-likeness (QED) is 0.590. The highest BCUT2D eigenvalue weighted by Gasteiger charge is 2.24. The molecule has 0 atom stereocenters. The molecule has 3 aromatic rings. The first-order chi connectivity index (χ1) is 14.8. The number of hydrogen-bond donors (Lipinski definition) is 0. The summed E-state index contributed by atoms with van der Waals surface area (Å²) in [6, 6.07) is 18.1. The fourth-order valence-corrected chi connectivity index (χ4v) is 4.27. The molecule has 8 heteroatoms. The van der Waals surface area contributed by atoms with Gasteiger partial charge in [0.1, 0.15) is 11.2 Å². The molecule has 0 N–H and O–H groups in total. The number of para-hydroxylation sites is 2. The van der Waals surface area contributed by atoms with Crippen molar-refractivity contribution in [2.24, 2.45) is 4.99 Å². The van der Waals surface area contributed by atoms with Crippen LogP contribution in [0.25, 0.3) is 0 Å². The highest BCUT2D eigenvalue weighted by Crippen LogP contribution is 2.30. The monoisotopic (exact) mass is 439 g/mol. The zero-order chi connectivity index (χ0) is 22.6. The molecule has 0 aliphatic carbocycles. The van der Waals surface area contributed by atoms with Crippen molar-refractivity contribution >= 4 is 21.6 Å². The topological polar surface area (TPSA) is 81.0 Å². The normalized spacial score (nSPS) is 12.1. The van der Waals surface area contributed by atoms with Crippen LogP contribution in [-0.4, -0.2) is 39.1 Å². The van der Waals surface area contributed by atoms with Crippen molar-refractivity contribution < 1.29 is 17.9 Å². The van der Waals surface area contributed by atoms with E-state index in [4.69, 9.17) is 4.74 Å². The number of anilines is 1. The molecule has 0 aliphatic rings. The highest BCUT2D eigenvalue weighted by atomic mass is 32.2. The van der Waals surface area contributed by atoms with Gasteiger partial charge in [-0.15, -0.1) is 0 Å². The smallest absolute Gasteiger partial charge is 0.264 e. The molecule has 0 radical (unpaired) electrons. The maximum Gasteiger partial charge on any atom is 0.264 e. The van der Waals surface area contributed by atoms with Crippen LogP contribution >= 0.6 is 0 Å². The van der Waals surface area contributed by atoms with Gasteiger partial charge in [0, 0.05) is 24.8 Å². The average Bonchev–Trinajstić information content (AvgIpc) is 2.78. The fraction of sp³-hybridized carbons (Fsp3) is 0.217. The van der Waals surface area contributed by atoms with E-state index in [1.165, 1.54) is 43.0 Å². The Hall–Kier alpha value is -3.39. The number of rotatable bonds is 6. The molecule has 162 valence electrons. The van der Waals surface area contributed by atoms with E-state index < -0.39 is 10.0 Å². The molecule has 3 rings (SSSR count). The zero-order valence-electron chi connectivity index (χ0n) is 17.9. The lowest BCUT2D eigenvalue weighted by molar-refractivity contribution is 0.0954. The molecular formula is C23H25N3O4S. The Labute approximate surface area is 182 Å². The minimum atomic E-state index is -3.84. The largest absolute Gasteiger partial charge is 0.495 e. The first-order valence-corrected chi connectivity index (χ1v) is 11.2. The van der Waals surface area contributed by atoms with Crippen LogP contribution in [0.4, 0.5) is 5.69 Å². The number of pyridine rings is 1. The molecule has 0 aliphatic heterocycles. The summed E-state index contributed by atoms with van der Waals surface area (Å²) in [4.78, 5) is 17.5. The van der Waals surface area contributed by atoms with Gasteiger partial charge >= 0.3 is 0 Å². The second kappa shape index (κ2) is 9.18. The van der Waals surface area contributed by atoms with Gasteiger partial charge in [0.05, 0.1) is 17.7 Å². The highest BCUT2D eigenvalue weighted by molar-refractivity contribution is 7.92. The standard InChI is InChI=1S/C23H25N3O4S/c1-17(2)24-22-11-7-8-16-26(22)23(27)18-12-14-19(15-13-18)31(28,29)25(3)20-9-5-6-10-21(20)30-4/h5-17H,1-4H3. The van der Waals surface area contributed by atoms with Crippen molar-refractivity contribution in [3.05, 3.63) is 84.0 Å². The Balaban J connectivity index is 1.94. The van der Waals surface area contributed by atoms with Crippen molar-refractivity contribution in [3.63, 3.8) is 0 Å². The van der Waals surface area contributed by atoms with Crippen LogP contribution < -0.4 is 14.5 Å². The lowest BCUT2D eigenvalue weighted by atomic mass is 10.2. The average molecular weight is 440 g/mol. The molecule has 31 heavy (non-hydrogen) atoms. The lowest BCUT2D eigenvalue weighted by Gasteiger charge is -2.21. The molecule has 1 aromatic heterocycles. The maximum absolute atomic E-state index is 13.1. The van der Waals surface area contributed by atoms with Crippen molar-refractivity contribution in [2.45, 2.75) is 24.8 Å². The number of methoxy groups -OCH3 is 1. The van der Waals surface area contributed by atoms with Gasteiger partial charge in [-0.2, -0.15) is 0 Å². The van der Waals surface area contributed by atoms with E-state index in [9.17, 15) is 13.2 Å². The molecular weight excluding hydrogens is 414 g/mol. The summed E-state index contributed by atoms with van der Waals surface area (Å²) >= 11 is 0. The van der Waals surface area contributed by atoms with Gasteiger partial charge in [-0.25, -0.2) is 8.42 Å². The Morgan fingerprint density at radius 2 is 1.65 bits per heavy atom. The van der Waals surface area contributed by atoms with Gasteiger partial charge < -0.3 is 4.74 Å². The summed E-state index contributed by atoms with van der Waals surface area (Å²) in [5.74, 6) is 0.157. The molecule has 7 nitrogen and oxygen atoms in total. The van der Waals surface area contributed by atoms with E-state index in [2.05, 4.69) is 4.99 Å². The molecule has 0 saturated carbocycles. The van der Waals surface area contributed by atoms with E-state index in [0.717, 1.165) is 4.31 Å². The maximum atomic E-state index is 13.1. The Morgan fingerprint density at radius 1 is 1.00 bits per heavy atom. The van der Waals surface area contributed by atoms with Gasteiger partial charge in [0.25, 0.3) is 15.9 Å². The van der Waals surface area contributed by atoms with Gasteiger partial charge in [-0.3, -0.25) is 18.7 Å². The second-order valence-corrected chi connectivity index (χ2v) is 9.09. The predicted molar refractivity (Wildman–Crippen MR) is 120 cm³/mol. The Kier molecular flexibility index (Phi) is 6.60. The van der Waals surface area contributed by atoms with E-state index in [1.807, 2.05) is 19.9 Å². The molecule has 1 heterocycles. The lowest BCUT2D eigenvalue weighted by Crippen LogP contribution is -2.28. The third kappa shape index (κ3) is 4.69. The van der Waals surface area contributed by atoms with Crippen LogP contribution in [0.15, 0.2) is 82.8 Å². The first kappa shape index (κ1) is 22.3. The van der Waals surface area contributed by atoms with Gasteiger partial charge in [-0.1, -0.05) is 18.2 Å². The zero-order valence-corrected chi connectivity index (χ0v) is 18.7. The van der Waals surface area contributed by atoms with Crippen molar-refractivity contribution in [1.29, 1.82) is 0 Å². The van der Waals surface area contributed by atoms with Crippen LogP contribution in [-0.2, 0) is 10.0 Å². The van der Waals surface area contributed by atoms with Crippen LogP contribution in [0, 0.1) is 0 Å². The van der Waals surface area contributed by atoms with Crippen LogP contribution in [0.3, 0.4) is 0 Å². The summed E-state index contributed by atoms with van der Waals surface area (Å²) in [6.07, 6.45) is 1.64. The molecule has 0 unspecified atom stereocenters. The summed E-state index contributed by atoms with van der Waals surface area (Å²) in [6.45, 7) is 3.86. The number of hydrogen-bond acceptors (Lipinski definition) is 5. The molecule has 0 fully saturated rings. The third-order valence-corrected chi connectivity index (χ3v) is 6.42. The number of nitrogens with zero attached hydrogens (tertiary/aromatic N) is 3. The number of sulfonamides is 1.